The molecule has 4 nitrogen and oxygen atoms in total. The molecule has 4 heteroatoms. The van der Waals surface area contributed by atoms with E-state index in [1.54, 1.807) is 0 Å². The highest BCUT2D eigenvalue weighted by atomic mass is 16.5. The molecule has 0 atom stereocenters. The number of fused-ring (bicyclic) bond motifs is 1. The first-order valence-corrected chi connectivity index (χ1v) is 6.10. The summed E-state index contributed by atoms with van der Waals surface area (Å²) < 4.78 is 11.2. The van der Waals surface area contributed by atoms with E-state index in [0.717, 1.165) is 44.1 Å². The second-order valence-corrected chi connectivity index (χ2v) is 4.06. The summed E-state index contributed by atoms with van der Waals surface area (Å²) in [5, 5.41) is 11.8. The van der Waals surface area contributed by atoms with Crippen molar-refractivity contribution in [3.8, 4) is 11.5 Å². The minimum atomic E-state index is 0.182. The van der Waals surface area contributed by atoms with Crippen LogP contribution >= 0.6 is 0 Å². The van der Waals surface area contributed by atoms with Gasteiger partial charge in [0.2, 0.25) is 0 Å². The number of hydrogen-bond donors (Lipinski definition) is 2. The molecule has 0 saturated heterocycles. The SMILES string of the molecule is OCCNCCc1ccc2c(c1)OCCCO2. The fourth-order valence-electron chi connectivity index (χ4n) is 1.80. The summed E-state index contributed by atoms with van der Waals surface area (Å²) in [6.45, 7) is 3.13. The van der Waals surface area contributed by atoms with Gasteiger partial charge in [-0.3, -0.25) is 0 Å². The molecule has 1 aromatic rings. The second-order valence-electron chi connectivity index (χ2n) is 4.06. The van der Waals surface area contributed by atoms with Gasteiger partial charge in [0, 0.05) is 13.0 Å². The van der Waals surface area contributed by atoms with E-state index in [4.69, 9.17) is 14.6 Å². The average Bonchev–Trinajstić information content (AvgIpc) is 2.59. The van der Waals surface area contributed by atoms with Crippen molar-refractivity contribution in [3.05, 3.63) is 23.8 Å². The van der Waals surface area contributed by atoms with Crippen molar-refractivity contribution in [2.75, 3.05) is 32.9 Å². The summed E-state index contributed by atoms with van der Waals surface area (Å²) in [4.78, 5) is 0. The zero-order valence-corrected chi connectivity index (χ0v) is 9.95. The van der Waals surface area contributed by atoms with E-state index in [0.29, 0.717) is 6.54 Å². The Morgan fingerprint density at radius 2 is 1.94 bits per heavy atom. The van der Waals surface area contributed by atoms with Crippen LogP contribution in [0.4, 0.5) is 0 Å². The molecule has 1 aliphatic heterocycles. The summed E-state index contributed by atoms with van der Waals surface area (Å²) in [5.41, 5.74) is 1.22. The highest BCUT2D eigenvalue weighted by Gasteiger charge is 2.10. The van der Waals surface area contributed by atoms with Crippen molar-refractivity contribution in [2.45, 2.75) is 12.8 Å². The van der Waals surface area contributed by atoms with E-state index >= 15 is 0 Å². The van der Waals surface area contributed by atoms with Crippen LogP contribution in [0.3, 0.4) is 0 Å². The Balaban J connectivity index is 1.93. The fraction of sp³-hybridized carbons (Fsp3) is 0.538. The molecule has 1 aliphatic rings. The Bertz CT molecular complexity index is 355. The molecule has 0 unspecified atom stereocenters. The quantitative estimate of drug-likeness (QED) is 0.749. The maximum Gasteiger partial charge on any atom is 0.161 e. The molecule has 94 valence electrons. The molecule has 2 rings (SSSR count). The third-order valence-electron chi connectivity index (χ3n) is 2.69. The molecule has 0 fully saturated rings. The van der Waals surface area contributed by atoms with Gasteiger partial charge < -0.3 is 19.9 Å². The summed E-state index contributed by atoms with van der Waals surface area (Å²) in [7, 11) is 0. The van der Waals surface area contributed by atoms with Gasteiger partial charge in [0.05, 0.1) is 19.8 Å². The lowest BCUT2D eigenvalue weighted by Crippen LogP contribution is -2.20. The Morgan fingerprint density at radius 3 is 2.76 bits per heavy atom. The van der Waals surface area contributed by atoms with Crippen LogP contribution in [0, 0.1) is 0 Å². The van der Waals surface area contributed by atoms with Gasteiger partial charge in [0.25, 0.3) is 0 Å². The van der Waals surface area contributed by atoms with Crippen LogP contribution in [0.25, 0.3) is 0 Å². The standard InChI is InChI=1S/C13H19NO3/c15-7-6-14-5-4-11-2-3-12-13(10-11)17-9-1-8-16-12/h2-3,10,14-15H,1,4-9H2. The molecule has 1 heterocycles. The number of aliphatic hydroxyl groups excluding tert-OH is 1. The smallest absolute Gasteiger partial charge is 0.161 e. The van der Waals surface area contributed by atoms with Crippen LogP contribution in [0.5, 0.6) is 11.5 Å². The molecule has 17 heavy (non-hydrogen) atoms. The lowest BCUT2D eigenvalue weighted by molar-refractivity contribution is 0.292. The van der Waals surface area contributed by atoms with Crippen LogP contribution in [0.2, 0.25) is 0 Å². The maximum atomic E-state index is 8.65. The molecule has 0 amide bonds. The second kappa shape index (κ2) is 6.47. The highest BCUT2D eigenvalue weighted by Crippen LogP contribution is 2.30. The summed E-state index contributed by atoms with van der Waals surface area (Å²) in [6.07, 6.45) is 1.86. The normalized spacial score (nSPS) is 14.4. The summed E-state index contributed by atoms with van der Waals surface area (Å²) in [5.74, 6) is 1.69. The molecule has 2 N–H and O–H groups in total. The molecule has 0 bridgehead atoms. The van der Waals surface area contributed by atoms with Crippen LogP contribution < -0.4 is 14.8 Å². The lowest BCUT2D eigenvalue weighted by Gasteiger charge is -2.09. The largest absolute Gasteiger partial charge is 0.490 e. The minimum Gasteiger partial charge on any atom is -0.490 e. The van der Waals surface area contributed by atoms with Gasteiger partial charge in [-0.2, -0.15) is 0 Å². The van der Waals surface area contributed by atoms with Crippen LogP contribution in [-0.2, 0) is 6.42 Å². The van der Waals surface area contributed by atoms with E-state index in [2.05, 4.69) is 11.4 Å². The van der Waals surface area contributed by atoms with Crippen molar-refractivity contribution in [2.24, 2.45) is 0 Å². The van der Waals surface area contributed by atoms with Crippen LogP contribution in [0.1, 0.15) is 12.0 Å². The van der Waals surface area contributed by atoms with Crippen molar-refractivity contribution in [1.82, 2.24) is 5.32 Å². The first-order chi connectivity index (χ1) is 8.40. The van der Waals surface area contributed by atoms with Crippen LogP contribution in [0.15, 0.2) is 18.2 Å². The van der Waals surface area contributed by atoms with Gasteiger partial charge in [0.1, 0.15) is 0 Å². The van der Waals surface area contributed by atoms with Gasteiger partial charge >= 0.3 is 0 Å². The Labute approximate surface area is 102 Å². The minimum absolute atomic E-state index is 0.182. The number of ether oxygens (including phenoxy) is 2. The maximum absolute atomic E-state index is 8.65. The fourth-order valence-corrected chi connectivity index (χ4v) is 1.80. The van der Waals surface area contributed by atoms with E-state index in [1.165, 1.54) is 5.56 Å². The highest BCUT2D eigenvalue weighted by molar-refractivity contribution is 5.43. The van der Waals surface area contributed by atoms with Crippen molar-refractivity contribution < 1.29 is 14.6 Å². The Kier molecular flexibility index (Phi) is 4.64. The summed E-state index contributed by atoms with van der Waals surface area (Å²) in [6, 6.07) is 6.08. The van der Waals surface area contributed by atoms with Gasteiger partial charge in [0.15, 0.2) is 11.5 Å². The van der Waals surface area contributed by atoms with Gasteiger partial charge in [-0.05, 0) is 30.7 Å². The monoisotopic (exact) mass is 237 g/mol. The lowest BCUT2D eigenvalue weighted by atomic mass is 10.1. The zero-order chi connectivity index (χ0) is 11.9. The predicted octanol–water partition coefficient (Wildman–Crippen LogP) is 0.972. The molecule has 0 aliphatic carbocycles. The van der Waals surface area contributed by atoms with Gasteiger partial charge in [-0.1, -0.05) is 6.07 Å². The van der Waals surface area contributed by atoms with Crippen molar-refractivity contribution >= 4 is 0 Å². The number of nitrogens with one attached hydrogen (secondary N) is 1. The van der Waals surface area contributed by atoms with E-state index in [1.807, 2.05) is 12.1 Å². The summed E-state index contributed by atoms with van der Waals surface area (Å²) >= 11 is 0. The van der Waals surface area contributed by atoms with Gasteiger partial charge in [-0.25, -0.2) is 0 Å². The third-order valence-corrected chi connectivity index (χ3v) is 2.69. The molecule has 1 aromatic carbocycles. The van der Waals surface area contributed by atoms with E-state index < -0.39 is 0 Å². The molecule has 0 radical (unpaired) electrons. The Hall–Kier alpha value is -1.26. The molecular formula is C13H19NO3. The number of rotatable bonds is 5. The Morgan fingerprint density at radius 1 is 1.12 bits per heavy atom. The number of hydrogen-bond acceptors (Lipinski definition) is 4. The van der Waals surface area contributed by atoms with Crippen LogP contribution in [-0.4, -0.2) is 38.0 Å². The van der Waals surface area contributed by atoms with E-state index in [9.17, 15) is 0 Å². The third kappa shape index (κ3) is 3.61. The first-order valence-electron chi connectivity index (χ1n) is 6.10. The molecule has 0 spiro atoms. The van der Waals surface area contributed by atoms with Crippen molar-refractivity contribution in [3.63, 3.8) is 0 Å². The number of aliphatic hydroxyl groups is 1. The zero-order valence-electron chi connectivity index (χ0n) is 9.95. The first kappa shape index (κ1) is 12.2. The topological polar surface area (TPSA) is 50.7 Å². The molecular weight excluding hydrogens is 218 g/mol. The molecule has 0 aromatic heterocycles. The number of benzene rings is 1. The predicted molar refractivity (Wildman–Crippen MR) is 65.7 cm³/mol. The molecule has 0 saturated carbocycles. The van der Waals surface area contributed by atoms with Crippen molar-refractivity contribution in [1.29, 1.82) is 0 Å². The average molecular weight is 237 g/mol. The van der Waals surface area contributed by atoms with E-state index in [-0.39, 0.29) is 6.61 Å². The van der Waals surface area contributed by atoms with Gasteiger partial charge in [-0.15, -0.1) is 0 Å².